The fourth-order valence-electron chi connectivity index (χ4n) is 3.01. The lowest BCUT2D eigenvalue weighted by Gasteiger charge is -2.19. The summed E-state index contributed by atoms with van der Waals surface area (Å²) in [5, 5.41) is 15.0. The maximum Gasteiger partial charge on any atom is 0.255 e. The van der Waals surface area contributed by atoms with Gasteiger partial charge in [0.25, 0.3) is 5.91 Å². The quantitative estimate of drug-likeness (QED) is 0.755. The summed E-state index contributed by atoms with van der Waals surface area (Å²) < 4.78 is 1.87. The molecule has 1 saturated carbocycles. The lowest BCUT2D eigenvalue weighted by Crippen LogP contribution is -2.14. The number of anilines is 1. The van der Waals surface area contributed by atoms with E-state index in [4.69, 9.17) is 0 Å². The van der Waals surface area contributed by atoms with Crippen molar-refractivity contribution in [1.82, 2.24) is 20.2 Å². The van der Waals surface area contributed by atoms with E-state index in [2.05, 4.69) is 41.6 Å². The molecule has 1 heterocycles. The molecule has 1 aliphatic rings. The second-order valence-electron chi connectivity index (χ2n) is 8.04. The van der Waals surface area contributed by atoms with Gasteiger partial charge in [-0.15, -0.1) is 5.10 Å². The molecule has 1 N–H and O–H groups in total. The molecule has 1 fully saturated rings. The molecule has 0 saturated heterocycles. The number of rotatable bonds is 4. The van der Waals surface area contributed by atoms with Crippen LogP contribution in [0, 0.1) is 0 Å². The number of carbonyl (C=O) groups excluding carboxylic acids is 1. The lowest BCUT2D eigenvalue weighted by molar-refractivity contribution is 0.102. The van der Waals surface area contributed by atoms with Crippen LogP contribution in [-0.4, -0.2) is 26.1 Å². The molecule has 0 radical (unpaired) electrons. The van der Waals surface area contributed by atoms with Crippen LogP contribution in [0.25, 0.3) is 11.4 Å². The molecule has 2 aromatic carbocycles. The molecule has 0 atom stereocenters. The highest BCUT2D eigenvalue weighted by atomic mass is 16.1. The van der Waals surface area contributed by atoms with Crippen LogP contribution in [0.3, 0.4) is 0 Å². The Morgan fingerprint density at radius 1 is 1.11 bits per heavy atom. The molecule has 1 aliphatic carbocycles. The van der Waals surface area contributed by atoms with E-state index in [0.29, 0.717) is 11.6 Å². The number of tetrazole rings is 1. The summed E-state index contributed by atoms with van der Waals surface area (Å²) in [6.45, 7) is 6.47. The Labute approximate surface area is 158 Å². The number of hydrogen-bond donors (Lipinski definition) is 1. The normalized spacial score (nSPS) is 14.2. The fourth-order valence-corrected chi connectivity index (χ4v) is 3.01. The number of amides is 1. The third-order valence-corrected chi connectivity index (χ3v) is 4.78. The number of hydrogen-bond acceptors (Lipinski definition) is 4. The van der Waals surface area contributed by atoms with Crippen LogP contribution in [0.4, 0.5) is 5.69 Å². The molecule has 6 heteroatoms. The molecule has 27 heavy (non-hydrogen) atoms. The van der Waals surface area contributed by atoms with E-state index >= 15 is 0 Å². The predicted molar refractivity (Wildman–Crippen MR) is 105 cm³/mol. The molecule has 3 aromatic rings. The molecule has 138 valence electrons. The Morgan fingerprint density at radius 2 is 1.85 bits per heavy atom. The molecule has 0 unspecified atom stereocenters. The Kier molecular flexibility index (Phi) is 4.26. The van der Waals surface area contributed by atoms with Crippen molar-refractivity contribution < 1.29 is 4.79 Å². The summed E-state index contributed by atoms with van der Waals surface area (Å²) in [5.41, 5.74) is 3.52. The van der Waals surface area contributed by atoms with Gasteiger partial charge >= 0.3 is 0 Å². The van der Waals surface area contributed by atoms with Gasteiger partial charge in [-0.3, -0.25) is 4.79 Å². The van der Waals surface area contributed by atoms with E-state index in [9.17, 15) is 4.79 Å². The second-order valence-corrected chi connectivity index (χ2v) is 8.04. The highest BCUT2D eigenvalue weighted by Gasteiger charge is 2.28. The third kappa shape index (κ3) is 3.74. The van der Waals surface area contributed by atoms with Crippen LogP contribution in [0.1, 0.15) is 55.6 Å². The predicted octanol–water partition coefficient (Wildman–Crippen LogP) is 4.22. The topological polar surface area (TPSA) is 72.7 Å². The van der Waals surface area contributed by atoms with Gasteiger partial charge in [-0.25, -0.2) is 4.68 Å². The third-order valence-electron chi connectivity index (χ3n) is 4.78. The van der Waals surface area contributed by atoms with Gasteiger partial charge in [0.05, 0.1) is 6.04 Å². The SMILES string of the molecule is CC(C)(C)c1ccc(C(=O)Nc2cccc(-c3nnnn3C3CC3)c2)cc1. The lowest BCUT2D eigenvalue weighted by atomic mass is 9.87. The van der Waals surface area contributed by atoms with E-state index < -0.39 is 0 Å². The maximum atomic E-state index is 12.6. The molecule has 0 aliphatic heterocycles. The van der Waals surface area contributed by atoms with Crippen molar-refractivity contribution in [3.63, 3.8) is 0 Å². The minimum Gasteiger partial charge on any atom is -0.322 e. The van der Waals surface area contributed by atoms with Crippen LogP contribution in [0.2, 0.25) is 0 Å². The Bertz CT molecular complexity index is 965. The molecule has 4 rings (SSSR count). The van der Waals surface area contributed by atoms with Crippen molar-refractivity contribution in [1.29, 1.82) is 0 Å². The van der Waals surface area contributed by atoms with Crippen molar-refractivity contribution in [3.8, 4) is 11.4 Å². The second kappa shape index (κ2) is 6.61. The smallest absolute Gasteiger partial charge is 0.255 e. The van der Waals surface area contributed by atoms with Gasteiger partial charge in [-0.2, -0.15) is 0 Å². The van der Waals surface area contributed by atoms with Crippen LogP contribution in [0.15, 0.2) is 48.5 Å². The Balaban J connectivity index is 1.53. The van der Waals surface area contributed by atoms with Crippen molar-refractivity contribution in [3.05, 3.63) is 59.7 Å². The molecule has 6 nitrogen and oxygen atoms in total. The molecular weight excluding hydrogens is 338 g/mol. The molecule has 1 amide bonds. The largest absolute Gasteiger partial charge is 0.322 e. The highest BCUT2D eigenvalue weighted by molar-refractivity contribution is 6.04. The standard InChI is InChI=1S/C21H23N5O/c1-21(2,3)16-9-7-14(8-10-16)20(27)22-17-6-4-5-15(13-17)19-23-24-25-26(19)18-11-12-18/h4-10,13,18H,11-12H2,1-3H3,(H,22,27). The first-order valence-electron chi connectivity index (χ1n) is 9.22. The summed E-state index contributed by atoms with van der Waals surface area (Å²) in [7, 11) is 0. The Morgan fingerprint density at radius 3 is 2.52 bits per heavy atom. The van der Waals surface area contributed by atoms with Gasteiger partial charge in [0.1, 0.15) is 0 Å². The monoisotopic (exact) mass is 361 g/mol. The van der Waals surface area contributed by atoms with Gasteiger partial charge in [0.15, 0.2) is 5.82 Å². The first-order chi connectivity index (χ1) is 12.9. The van der Waals surface area contributed by atoms with Crippen molar-refractivity contribution in [2.45, 2.75) is 45.1 Å². The zero-order valence-corrected chi connectivity index (χ0v) is 15.8. The number of nitrogens with one attached hydrogen (secondary N) is 1. The summed E-state index contributed by atoms with van der Waals surface area (Å²) in [5.74, 6) is 0.609. The Hall–Kier alpha value is -3.02. The summed E-state index contributed by atoms with van der Waals surface area (Å²) in [4.78, 5) is 12.6. The fraction of sp³-hybridized carbons (Fsp3) is 0.333. The van der Waals surface area contributed by atoms with E-state index in [1.807, 2.05) is 53.2 Å². The summed E-state index contributed by atoms with van der Waals surface area (Å²) in [6, 6.07) is 15.8. The zero-order chi connectivity index (χ0) is 19.0. The van der Waals surface area contributed by atoms with Crippen molar-refractivity contribution in [2.75, 3.05) is 5.32 Å². The molecular formula is C21H23N5O. The van der Waals surface area contributed by atoms with Gasteiger partial charge < -0.3 is 5.32 Å². The first kappa shape index (κ1) is 17.4. The number of benzene rings is 2. The molecule has 0 spiro atoms. The van der Waals surface area contributed by atoms with E-state index in [1.54, 1.807) is 0 Å². The van der Waals surface area contributed by atoms with Crippen LogP contribution < -0.4 is 5.32 Å². The van der Waals surface area contributed by atoms with Gasteiger partial charge in [-0.05, 0) is 58.5 Å². The van der Waals surface area contributed by atoms with E-state index in [0.717, 1.165) is 29.9 Å². The zero-order valence-electron chi connectivity index (χ0n) is 15.8. The molecule has 1 aromatic heterocycles. The minimum atomic E-state index is -0.130. The maximum absolute atomic E-state index is 12.6. The highest BCUT2D eigenvalue weighted by Crippen LogP contribution is 2.36. The summed E-state index contributed by atoms with van der Waals surface area (Å²) >= 11 is 0. The van der Waals surface area contributed by atoms with Gasteiger partial charge in [0, 0.05) is 16.8 Å². The number of nitrogens with zero attached hydrogens (tertiary/aromatic N) is 4. The van der Waals surface area contributed by atoms with Crippen molar-refractivity contribution >= 4 is 11.6 Å². The average Bonchev–Trinajstić information content (AvgIpc) is 3.38. The molecule has 0 bridgehead atoms. The van der Waals surface area contributed by atoms with E-state index in [-0.39, 0.29) is 11.3 Å². The van der Waals surface area contributed by atoms with E-state index in [1.165, 1.54) is 5.56 Å². The van der Waals surface area contributed by atoms with Gasteiger partial charge in [-0.1, -0.05) is 45.0 Å². The average molecular weight is 361 g/mol. The van der Waals surface area contributed by atoms with Gasteiger partial charge in [0.2, 0.25) is 0 Å². The first-order valence-corrected chi connectivity index (χ1v) is 9.22. The van der Waals surface area contributed by atoms with Crippen LogP contribution in [0.5, 0.6) is 0 Å². The van der Waals surface area contributed by atoms with Crippen LogP contribution >= 0.6 is 0 Å². The number of carbonyl (C=O) groups is 1. The summed E-state index contributed by atoms with van der Waals surface area (Å²) in [6.07, 6.45) is 2.22. The number of aromatic nitrogens is 4. The van der Waals surface area contributed by atoms with Crippen molar-refractivity contribution in [2.24, 2.45) is 0 Å². The minimum absolute atomic E-state index is 0.0644. The van der Waals surface area contributed by atoms with Crippen LogP contribution in [-0.2, 0) is 5.41 Å².